The molecule has 0 aromatic rings. The first-order valence-corrected chi connectivity index (χ1v) is 16.0. The van der Waals surface area contributed by atoms with Gasteiger partial charge in [-0.2, -0.15) is 0 Å². The molecular formula is C35H58. The fourth-order valence-electron chi connectivity index (χ4n) is 9.40. The van der Waals surface area contributed by atoms with Gasteiger partial charge in [-0.3, -0.25) is 0 Å². The molecule has 0 nitrogen and oxygen atoms in total. The number of hydrogen-bond donors (Lipinski definition) is 0. The van der Waals surface area contributed by atoms with Crippen molar-refractivity contribution in [2.75, 3.05) is 0 Å². The van der Waals surface area contributed by atoms with Crippen LogP contribution in [0, 0.1) is 71.0 Å². The van der Waals surface area contributed by atoms with Crippen LogP contribution in [0.2, 0.25) is 0 Å². The monoisotopic (exact) mass is 478 g/mol. The SMILES string of the molecule is CC1C(C)C2C3C=CC(C3)C2C1C.CC1CCC2C3C=CC(C3)C2C1.CCC=CCCCCCC. The third kappa shape index (κ3) is 6.04. The van der Waals surface area contributed by atoms with E-state index >= 15 is 0 Å². The van der Waals surface area contributed by atoms with Gasteiger partial charge in [0.05, 0.1) is 0 Å². The van der Waals surface area contributed by atoms with E-state index in [4.69, 9.17) is 0 Å². The summed E-state index contributed by atoms with van der Waals surface area (Å²) in [5, 5.41) is 0. The molecule has 0 aliphatic heterocycles. The highest BCUT2D eigenvalue weighted by molar-refractivity contribution is 5.18. The molecule has 4 fully saturated rings. The van der Waals surface area contributed by atoms with Crippen LogP contribution in [0.4, 0.5) is 0 Å². The topological polar surface area (TPSA) is 0 Å². The molecule has 11 atom stereocenters. The van der Waals surface area contributed by atoms with Crippen molar-refractivity contribution in [3.8, 4) is 0 Å². The van der Waals surface area contributed by atoms with E-state index in [1.807, 2.05) is 0 Å². The van der Waals surface area contributed by atoms with Gasteiger partial charge < -0.3 is 0 Å². The summed E-state index contributed by atoms with van der Waals surface area (Å²) in [7, 11) is 0. The van der Waals surface area contributed by atoms with Crippen LogP contribution < -0.4 is 0 Å². The Balaban J connectivity index is 0.000000125. The molecule has 198 valence electrons. The van der Waals surface area contributed by atoms with Crippen molar-refractivity contribution < 1.29 is 0 Å². The molecule has 6 rings (SSSR count). The number of hydrogen-bond acceptors (Lipinski definition) is 0. The lowest BCUT2D eigenvalue weighted by Gasteiger charge is -2.35. The molecule has 6 aliphatic carbocycles. The minimum absolute atomic E-state index is 0.956. The highest BCUT2D eigenvalue weighted by Gasteiger charge is 2.55. The van der Waals surface area contributed by atoms with E-state index in [-0.39, 0.29) is 0 Å². The summed E-state index contributed by atoms with van der Waals surface area (Å²) < 4.78 is 0. The van der Waals surface area contributed by atoms with Gasteiger partial charge in [0.25, 0.3) is 0 Å². The quantitative estimate of drug-likeness (QED) is 0.263. The number of unbranched alkanes of at least 4 members (excludes halogenated alkanes) is 4. The first-order chi connectivity index (χ1) is 17.0. The Morgan fingerprint density at radius 3 is 1.83 bits per heavy atom. The highest BCUT2D eigenvalue weighted by Crippen LogP contribution is 2.61. The summed E-state index contributed by atoms with van der Waals surface area (Å²) in [4.78, 5) is 0. The standard InChI is InChI=1S/C13H20.C12H18.C10H20/c1-7-8(2)12-10-4-5-11(6-10)13(12)9(7)3;1-8-2-5-11-9-3-4-10(7-9)12(11)6-8;1-3-5-7-9-10-8-6-4-2/h4-5,7-13H,6H2,1-3H3;3-4,8-12H,2,5-7H2,1H3;5,7H,3-4,6,8-10H2,1-2H3. The van der Waals surface area contributed by atoms with Crippen molar-refractivity contribution in [2.24, 2.45) is 71.0 Å². The Bertz CT molecular complexity index is 702. The molecule has 0 saturated heterocycles. The molecule has 0 heteroatoms. The zero-order valence-electron chi connectivity index (χ0n) is 24.2. The van der Waals surface area contributed by atoms with E-state index in [0.717, 1.165) is 71.0 Å². The van der Waals surface area contributed by atoms with E-state index < -0.39 is 0 Å². The second-order valence-electron chi connectivity index (χ2n) is 13.6. The minimum Gasteiger partial charge on any atom is -0.0888 e. The summed E-state index contributed by atoms with van der Waals surface area (Å²) in [6.45, 7) is 14.3. The molecule has 0 amide bonds. The van der Waals surface area contributed by atoms with Gasteiger partial charge in [0, 0.05) is 0 Å². The molecule has 0 aromatic heterocycles. The molecule has 0 aromatic carbocycles. The van der Waals surface area contributed by atoms with Crippen molar-refractivity contribution in [2.45, 2.75) is 112 Å². The smallest absolute Gasteiger partial charge is 0.0194 e. The minimum atomic E-state index is 0.956. The number of allylic oxidation sites excluding steroid dienone is 6. The van der Waals surface area contributed by atoms with Crippen molar-refractivity contribution >= 4 is 0 Å². The molecule has 4 saturated carbocycles. The van der Waals surface area contributed by atoms with E-state index in [9.17, 15) is 0 Å². The molecule has 0 radical (unpaired) electrons. The lowest BCUT2D eigenvalue weighted by molar-refractivity contribution is 0.176. The Hall–Kier alpha value is -0.780. The molecule has 6 aliphatic rings. The summed E-state index contributed by atoms with van der Waals surface area (Å²) in [6.07, 6.45) is 30.1. The molecule has 35 heavy (non-hydrogen) atoms. The Morgan fingerprint density at radius 2 is 1.20 bits per heavy atom. The van der Waals surface area contributed by atoms with Gasteiger partial charge >= 0.3 is 0 Å². The average Bonchev–Trinajstić information content (AvgIpc) is 3.68. The first-order valence-electron chi connectivity index (χ1n) is 16.0. The average molecular weight is 479 g/mol. The maximum atomic E-state index is 2.51. The summed E-state index contributed by atoms with van der Waals surface area (Å²) in [6, 6.07) is 0. The van der Waals surface area contributed by atoms with Crippen LogP contribution in [0.15, 0.2) is 36.5 Å². The largest absolute Gasteiger partial charge is 0.0888 e. The van der Waals surface area contributed by atoms with Crippen LogP contribution in [-0.2, 0) is 0 Å². The van der Waals surface area contributed by atoms with Crippen molar-refractivity contribution in [3.63, 3.8) is 0 Å². The van der Waals surface area contributed by atoms with Gasteiger partial charge in [0.15, 0.2) is 0 Å². The maximum Gasteiger partial charge on any atom is -0.0194 e. The Kier molecular flexibility index (Phi) is 9.85. The van der Waals surface area contributed by atoms with Gasteiger partial charge in [0.2, 0.25) is 0 Å². The van der Waals surface area contributed by atoms with Gasteiger partial charge in [0.1, 0.15) is 0 Å². The van der Waals surface area contributed by atoms with E-state index in [2.05, 4.69) is 78.0 Å². The summed E-state index contributed by atoms with van der Waals surface area (Å²) >= 11 is 0. The number of rotatable bonds is 6. The molecule has 0 spiro atoms. The molecule has 11 unspecified atom stereocenters. The Labute approximate surface area is 219 Å². The fourth-order valence-corrected chi connectivity index (χ4v) is 9.40. The second kappa shape index (κ2) is 12.6. The zero-order valence-corrected chi connectivity index (χ0v) is 24.2. The highest BCUT2D eigenvalue weighted by atomic mass is 14.6. The van der Waals surface area contributed by atoms with Gasteiger partial charge in [-0.1, -0.05) is 104 Å². The van der Waals surface area contributed by atoms with Crippen molar-refractivity contribution in [1.29, 1.82) is 0 Å². The first kappa shape index (κ1) is 27.3. The van der Waals surface area contributed by atoms with Crippen LogP contribution >= 0.6 is 0 Å². The van der Waals surface area contributed by atoms with Crippen LogP contribution in [0.5, 0.6) is 0 Å². The maximum absolute atomic E-state index is 2.51. The third-order valence-electron chi connectivity index (χ3n) is 11.5. The van der Waals surface area contributed by atoms with E-state index in [1.54, 1.807) is 0 Å². The molecular weight excluding hydrogens is 420 g/mol. The predicted molar refractivity (Wildman–Crippen MR) is 154 cm³/mol. The predicted octanol–water partition coefficient (Wildman–Crippen LogP) is 10.5. The zero-order chi connectivity index (χ0) is 24.9. The summed E-state index contributed by atoms with van der Waals surface area (Å²) in [5.41, 5.74) is 0. The third-order valence-corrected chi connectivity index (χ3v) is 11.5. The van der Waals surface area contributed by atoms with E-state index in [0.29, 0.717) is 0 Å². The van der Waals surface area contributed by atoms with Crippen molar-refractivity contribution in [3.05, 3.63) is 36.5 Å². The molecule has 0 N–H and O–H groups in total. The van der Waals surface area contributed by atoms with Gasteiger partial charge in [-0.25, -0.2) is 0 Å². The Morgan fingerprint density at radius 1 is 0.600 bits per heavy atom. The van der Waals surface area contributed by atoms with Crippen molar-refractivity contribution in [1.82, 2.24) is 0 Å². The van der Waals surface area contributed by atoms with Crippen LogP contribution in [-0.4, -0.2) is 0 Å². The number of fused-ring (bicyclic) bond motifs is 10. The normalized spacial score (nSPS) is 45.8. The molecule has 4 bridgehead atoms. The lowest BCUT2D eigenvalue weighted by atomic mass is 9.70. The molecule has 0 heterocycles. The fraction of sp³-hybridized carbons (Fsp3) is 0.829. The lowest BCUT2D eigenvalue weighted by Crippen LogP contribution is -2.26. The van der Waals surface area contributed by atoms with Crippen LogP contribution in [0.1, 0.15) is 112 Å². The van der Waals surface area contributed by atoms with Crippen LogP contribution in [0.3, 0.4) is 0 Å². The van der Waals surface area contributed by atoms with Gasteiger partial charge in [-0.05, 0) is 116 Å². The van der Waals surface area contributed by atoms with Gasteiger partial charge in [-0.15, -0.1) is 0 Å². The van der Waals surface area contributed by atoms with E-state index in [1.165, 1.54) is 70.6 Å². The summed E-state index contributed by atoms with van der Waals surface area (Å²) in [5.74, 6) is 12.1. The second-order valence-corrected chi connectivity index (χ2v) is 13.6. The van der Waals surface area contributed by atoms with Crippen LogP contribution in [0.25, 0.3) is 0 Å².